The molecule has 1 unspecified atom stereocenters. The van der Waals surface area contributed by atoms with Crippen LogP contribution < -0.4 is 0 Å². The van der Waals surface area contributed by atoms with Gasteiger partial charge in [0.2, 0.25) is 0 Å². The lowest BCUT2D eigenvalue weighted by atomic mass is 9.74. The van der Waals surface area contributed by atoms with Crippen LogP contribution in [0.5, 0.6) is 0 Å². The van der Waals surface area contributed by atoms with Crippen molar-refractivity contribution in [1.82, 2.24) is 0 Å². The van der Waals surface area contributed by atoms with E-state index in [0.717, 1.165) is 12.8 Å². The lowest BCUT2D eigenvalue weighted by Crippen LogP contribution is -2.22. The van der Waals surface area contributed by atoms with Crippen LogP contribution in [0.1, 0.15) is 35.1 Å². The molecule has 0 radical (unpaired) electrons. The summed E-state index contributed by atoms with van der Waals surface area (Å²) in [6.07, 6.45) is 11.4. The number of benzene rings is 3. The SMILES string of the molecule is Cc1ccc2c(c1)C1(C=CC=CCC1)c1cc(C)c3ccccc3c1-2. The lowest BCUT2D eigenvalue weighted by molar-refractivity contribution is 0.604. The molecular weight excluding hydrogens is 300 g/mol. The number of allylic oxidation sites excluding steroid dienone is 4. The third kappa shape index (κ3) is 1.94. The summed E-state index contributed by atoms with van der Waals surface area (Å²) in [5, 5.41) is 2.77. The maximum Gasteiger partial charge on any atom is 0.0400 e. The van der Waals surface area contributed by atoms with E-state index >= 15 is 0 Å². The molecule has 0 N–H and O–H groups in total. The Labute approximate surface area is 149 Å². The molecule has 3 aromatic carbocycles. The Morgan fingerprint density at radius 1 is 0.840 bits per heavy atom. The molecule has 0 heteroatoms. The summed E-state index contributed by atoms with van der Waals surface area (Å²) >= 11 is 0. The minimum Gasteiger partial charge on any atom is -0.0845 e. The average Bonchev–Trinajstić information content (AvgIpc) is 2.78. The molecular formula is C25H22. The highest BCUT2D eigenvalue weighted by atomic mass is 14.4. The topological polar surface area (TPSA) is 0 Å². The zero-order chi connectivity index (χ0) is 17.0. The van der Waals surface area contributed by atoms with Gasteiger partial charge in [0, 0.05) is 5.41 Å². The van der Waals surface area contributed by atoms with Crippen molar-refractivity contribution in [2.45, 2.75) is 32.1 Å². The van der Waals surface area contributed by atoms with E-state index in [4.69, 9.17) is 0 Å². The number of aryl methyl sites for hydroxylation is 2. The van der Waals surface area contributed by atoms with Gasteiger partial charge in [-0.25, -0.2) is 0 Å². The molecule has 0 bridgehead atoms. The number of hydrogen-bond donors (Lipinski definition) is 0. The summed E-state index contributed by atoms with van der Waals surface area (Å²) in [6.45, 7) is 4.46. The molecule has 0 fully saturated rings. The second kappa shape index (κ2) is 5.20. The van der Waals surface area contributed by atoms with Crippen LogP contribution in [0.25, 0.3) is 21.9 Å². The van der Waals surface area contributed by atoms with Crippen LogP contribution in [0, 0.1) is 13.8 Å². The Balaban J connectivity index is 1.96. The smallest absolute Gasteiger partial charge is 0.0400 e. The highest BCUT2D eigenvalue weighted by molar-refractivity contribution is 6.04. The normalized spacial score (nSPS) is 20.7. The Bertz CT molecular complexity index is 1060. The van der Waals surface area contributed by atoms with Gasteiger partial charge in [-0.3, -0.25) is 0 Å². The summed E-state index contributed by atoms with van der Waals surface area (Å²) in [6, 6.07) is 18.3. The maximum absolute atomic E-state index is 2.45. The predicted octanol–water partition coefficient (Wildman–Crippen LogP) is 6.63. The van der Waals surface area contributed by atoms with Crippen molar-refractivity contribution < 1.29 is 0 Å². The molecule has 0 nitrogen and oxygen atoms in total. The third-order valence-electron chi connectivity index (χ3n) is 5.99. The van der Waals surface area contributed by atoms with Gasteiger partial charge in [-0.1, -0.05) is 78.4 Å². The van der Waals surface area contributed by atoms with Gasteiger partial charge >= 0.3 is 0 Å². The van der Waals surface area contributed by atoms with Crippen LogP contribution in [0.4, 0.5) is 0 Å². The lowest BCUT2D eigenvalue weighted by Gasteiger charge is -2.28. The van der Waals surface area contributed by atoms with Crippen molar-refractivity contribution in [1.29, 1.82) is 0 Å². The van der Waals surface area contributed by atoms with E-state index < -0.39 is 0 Å². The second-order valence-electron chi connectivity index (χ2n) is 7.51. The summed E-state index contributed by atoms with van der Waals surface area (Å²) in [7, 11) is 0. The van der Waals surface area contributed by atoms with E-state index in [1.807, 2.05) is 0 Å². The summed E-state index contributed by atoms with van der Waals surface area (Å²) in [5.41, 5.74) is 8.57. The molecule has 1 spiro atoms. The highest BCUT2D eigenvalue weighted by Gasteiger charge is 2.42. The van der Waals surface area contributed by atoms with Crippen molar-refractivity contribution in [2.75, 3.05) is 0 Å². The van der Waals surface area contributed by atoms with Gasteiger partial charge in [-0.05, 0) is 65.3 Å². The van der Waals surface area contributed by atoms with E-state index in [9.17, 15) is 0 Å². The Hall–Kier alpha value is -2.60. The van der Waals surface area contributed by atoms with Crippen molar-refractivity contribution in [3.05, 3.63) is 95.1 Å². The second-order valence-corrected chi connectivity index (χ2v) is 7.51. The maximum atomic E-state index is 2.45. The van der Waals surface area contributed by atoms with Gasteiger partial charge in [0.05, 0.1) is 0 Å². The van der Waals surface area contributed by atoms with Gasteiger partial charge in [0.1, 0.15) is 0 Å². The molecule has 3 aromatic rings. The van der Waals surface area contributed by atoms with Gasteiger partial charge in [0.25, 0.3) is 0 Å². The Morgan fingerprint density at radius 3 is 2.56 bits per heavy atom. The summed E-state index contributed by atoms with van der Waals surface area (Å²) < 4.78 is 0. The molecule has 0 heterocycles. The Kier molecular flexibility index (Phi) is 3.06. The minimum atomic E-state index is 0.00891. The molecule has 122 valence electrons. The van der Waals surface area contributed by atoms with Crippen molar-refractivity contribution in [2.24, 2.45) is 0 Å². The van der Waals surface area contributed by atoms with Crippen LogP contribution in [0.15, 0.2) is 72.8 Å². The Morgan fingerprint density at radius 2 is 1.68 bits per heavy atom. The largest absolute Gasteiger partial charge is 0.0845 e. The van der Waals surface area contributed by atoms with E-state index in [0.29, 0.717) is 0 Å². The first-order valence-corrected chi connectivity index (χ1v) is 9.19. The fourth-order valence-electron chi connectivity index (χ4n) is 4.83. The first kappa shape index (κ1) is 14.7. The molecule has 2 aliphatic carbocycles. The van der Waals surface area contributed by atoms with Crippen LogP contribution in [-0.2, 0) is 5.41 Å². The van der Waals surface area contributed by atoms with Crippen LogP contribution in [-0.4, -0.2) is 0 Å². The van der Waals surface area contributed by atoms with Gasteiger partial charge in [-0.15, -0.1) is 0 Å². The number of hydrogen-bond acceptors (Lipinski definition) is 0. The van der Waals surface area contributed by atoms with Gasteiger partial charge in [0.15, 0.2) is 0 Å². The fourth-order valence-corrected chi connectivity index (χ4v) is 4.83. The van der Waals surface area contributed by atoms with E-state index in [1.165, 1.54) is 44.2 Å². The molecule has 1 atom stereocenters. The monoisotopic (exact) mass is 322 g/mol. The molecule has 25 heavy (non-hydrogen) atoms. The number of rotatable bonds is 0. The quantitative estimate of drug-likeness (QED) is 0.436. The molecule has 0 aromatic heterocycles. The van der Waals surface area contributed by atoms with Gasteiger partial charge in [-0.2, -0.15) is 0 Å². The van der Waals surface area contributed by atoms with Crippen molar-refractivity contribution in [3.63, 3.8) is 0 Å². The highest BCUT2D eigenvalue weighted by Crippen LogP contribution is 2.55. The first-order valence-electron chi connectivity index (χ1n) is 9.19. The van der Waals surface area contributed by atoms with Crippen LogP contribution >= 0.6 is 0 Å². The van der Waals surface area contributed by atoms with E-state index in [2.05, 4.69) is 86.7 Å². The minimum absolute atomic E-state index is 0.00891. The zero-order valence-electron chi connectivity index (χ0n) is 14.8. The average molecular weight is 322 g/mol. The van der Waals surface area contributed by atoms with Crippen molar-refractivity contribution >= 4 is 10.8 Å². The number of fused-ring (bicyclic) bond motifs is 7. The molecule has 0 aliphatic heterocycles. The molecule has 0 saturated heterocycles. The molecule has 0 saturated carbocycles. The third-order valence-corrected chi connectivity index (χ3v) is 5.99. The fraction of sp³-hybridized carbons (Fsp3) is 0.200. The van der Waals surface area contributed by atoms with Crippen molar-refractivity contribution in [3.8, 4) is 11.1 Å². The van der Waals surface area contributed by atoms with Crippen LogP contribution in [0.3, 0.4) is 0 Å². The zero-order valence-corrected chi connectivity index (χ0v) is 14.8. The van der Waals surface area contributed by atoms with E-state index in [1.54, 1.807) is 0 Å². The molecule has 2 aliphatic rings. The molecule has 5 rings (SSSR count). The molecule has 0 amide bonds. The summed E-state index contributed by atoms with van der Waals surface area (Å²) in [4.78, 5) is 0. The van der Waals surface area contributed by atoms with Gasteiger partial charge < -0.3 is 0 Å². The summed E-state index contributed by atoms with van der Waals surface area (Å²) in [5.74, 6) is 0. The first-order chi connectivity index (χ1) is 12.2. The van der Waals surface area contributed by atoms with E-state index in [-0.39, 0.29) is 5.41 Å². The standard InChI is InChI=1S/C25H22/c1-17-11-12-21-22(15-17)25(13-7-3-4-8-14-25)23-16-18(2)19-9-5-6-10-20(19)24(21)23/h3-7,9-13,15-16H,8,14H2,1-2H3. The predicted molar refractivity (Wildman–Crippen MR) is 107 cm³/mol. The van der Waals surface area contributed by atoms with Crippen LogP contribution in [0.2, 0.25) is 0 Å².